The number of rotatable bonds is 5. The van der Waals surface area contributed by atoms with Crippen LogP contribution in [0.15, 0.2) is 191 Å². The molecule has 0 aliphatic rings. The number of hydrogen-bond donors (Lipinski definition) is 0. The molecule has 4 aromatic heterocycles. The van der Waals surface area contributed by atoms with Crippen LogP contribution in [0.1, 0.15) is 0 Å². The van der Waals surface area contributed by atoms with Gasteiger partial charge in [-0.1, -0.05) is 133 Å². The number of hydrogen-bond acceptors (Lipinski definition) is 5. The van der Waals surface area contributed by atoms with E-state index < -0.39 is 0 Å². The molecule has 0 aliphatic carbocycles. The van der Waals surface area contributed by atoms with Crippen LogP contribution in [0.5, 0.6) is 0 Å². The lowest BCUT2D eigenvalue weighted by Crippen LogP contribution is -2.00. The summed E-state index contributed by atoms with van der Waals surface area (Å²) in [5.74, 6) is 1.77. The molecule has 8 aromatic carbocycles. The molecule has 0 unspecified atom stereocenters. The molecule has 0 fully saturated rings. The summed E-state index contributed by atoms with van der Waals surface area (Å²) < 4.78 is 15.7. The highest BCUT2D eigenvalue weighted by Crippen LogP contribution is 2.43. The fourth-order valence-electron chi connectivity index (χ4n) is 8.41. The predicted molar refractivity (Wildman–Crippen MR) is 230 cm³/mol. The predicted octanol–water partition coefficient (Wildman–Crippen LogP) is 13.4. The van der Waals surface area contributed by atoms with Gasteiger partial charge in [0.1, 0.15) is 22.3 Å². The van der Waals surface area contributed by atoms with Crippen LogP contribution < -0.4 is 0 Å². The summed E-state index contributed by atoms with van der Waals surface area (Å²) in [6.45, 7) is 0. The van der Waals surface area contributed by atoms with E-state index in [2.05, 4.69) is 108 Å². The first-order valence-electron chi connectivity index (χ1n) is 19.0. The SMILES string of the molecule is c1ccc(-c2nc(-c3ccccc3)nc(-c3cccc4c3oc3c(-c5ccc6c(c5)c5cc7oc8ccccc8c7cc5n6-c5ccccc5)cccc34)n2)cc1. The Morgan fingerprint density at radius 2 is 0.912 bits per heavy atom. The van der Waals surface area contributed by atoms with E-state index in [0.29, 0.717) is 17.5 Å². The topological polar surface area (TPSA) is 69.9 Å². The maximum absolute atomic E-state index is 6.96. The molecule has 12 rings (SSSR count). The lowest BCUT2D eigenvalue weighted by Gasteiger charge is -2.08. The average Bonchev–Trinajstić information content (AvgIpc) is 3.95. The molecule has 0 aliphatic heterocycles. The van der Waals surface area contributed by atoms with Crippen molar-refractivity contribution in [3.63, 3.8) is 0 Å². The number of furan rings is 2. The monoisotopic (exact) mass is 730 g/mol. The Morgan fingerprint density at radius 3 is 1.63 bits per heavy atom. The third kappa shape index (κ3) is 4.94. The van der Waals surface area contributed by atoms with E-state index in [1.807, 2.05) is 78.9 Å². The summed E-state index contributed by atoms with van der Waals surface area (Å²) >= 11 is 0. The number of benzene rings is 8. The van der Waals surface area contributed by atoms with Crippen LogP contribution in [-0.2, 0) is 0 Å². The van der Waals surface area contributed by atoms with Crippen LogP contribution >= 0.6 is 0 Å². The fourth-order valence-corrected chi connectivity index (χ4v) is 8.41. The van der Waals surface area contributed by atoms with Crippen molar-refractivity contribution in [1.29, 1.82) is 0 Å². The normalized spacial score (nSPS) is 11.9. The van der Waals surface area contributed by atoms with E-state index >= 15 is 0 Å². The van der Waals surface area contributed by atoms with Gasteiger partial charge in [-0.15, -0.1) is 0 Å². The number of para-hydroxylation sites is 4. The third-order valence-corrected chi connectivity index (χ3v) is 11.1. The molecule has 266 valence electrons. The molecule has 0 bridgehead atoms. The highest BCUT2D eigenvalue weighted by atomic mass is 16.3. The summed E-state index contributed by atoms with van der Waals surface area (Å²) in [6.07, 6.45) is 0. The Kier molecular flexibility index (Phi) is 6.83. The van der Waals surface area contributed by atoms with Gasteiger partial charge in [-0.3, -0.25) is 0 Å². The molecule has 12 aromatic rings. The molecular weight excluding hydrogens is 701 g/mol. The smallest absolute Gasteiger partial charge is 0.167 e. The third-order valence-electron chi connectivity index (χ3n) is 11.1. The average molecular weight is 731 g/mol. The van der Waals surface area contributed by atoms with Crippen LogP contribution in [0.2, 0.25) is 0 Å². The first-order valence-corrected chi connectivity index (χ1v) is 19.0. The number of fused-ring (bicyclic) bond motifs is 9. The van der Waals surface area contributed by atoms with Gasteiger partial charge in [0.15, 0.2) is 17.5 Å². The second kappa shape index (κ2) is 12.3. The van der Waals surface area contributed by atoms with Gasteiger partial charge in [0.2, 0.25) is 0 Å². The highest BCUT2D eigenvalue weighted by molar-refractivity contribution is 6.18. The van der Waals surface area contributed by atoms with Crippen LogP contribution in [0, 0.1) is 0 Å². The van der Waals surface area contributed by atoms with Gasteiger partial charge in [-0.2, -0.15) is 0 Å². The second-order valence-electron chi connectivity index (χ2n) is 14.4. The van der Waals surface area contributed by atoms with Crippen LogP contribution in [0.4, 0.5) is 0 Å². The zero-order valence-electron chi connectivity index (χ0n) is 30.4. The first-order chi connectivity index (χ1) is 28.2. The van der Waals surface area contributed by atoms with Crippen molar-refractivity contribution >= 4 is 65.7 Å². The Hall–Kier alpha value is -7.83. The van der Waals surface area contributed by atoms with Crippen LogP contribution in [0.25, 0.3) is 117 Å². The first kappa shape index (κ1) is 31.5. The van der Waals surface area contributed by atoms with Gasteiger partial charge in [0.25, 0.3) is 0 Å². The Balaban J connectivity index is 1.07. The highest BCUT2D eigenvalue weighted by Gasteiger charge is 2.21. The maximum Gasteiger partial charge on any atom is 0.167 e. The molecule has 0 saturated carbocycles. The molecular formula is C51H30N4O2. The molecule has 57 heavy (non-hydrogen) atoms. The van der Waals surface area contributed by atoms with E-state index in [4.69, 9.17) is 23.8 Å². The van der Waals surface area contributed by atoms with Crippen molar-refractivity contribution < 1.29 is 8.83 Å². The van der Waals surface area contributed by atoms with E-state index in [0.717, 1.165) is 99.2 Å². The van der Waals surface area contributed by atoms with Crippen molar-refractivity contribution in [1.82, 2.24) is 19.5 Å². The Morgan fingerprint density at radius 1 is 0.333 bits per heavy atom. The Labute approximate surface area is 325 Å². The number of aromatic nitrogens is 4. The molecule has 0 atom stereocenters. The van der Waals surface area contributed by atoms with Crippen LogP contribution in [-0.4, -0.2) is 19.5 Å². The van der Waals surface area contributed by atoms with Crippen LogP contribution in [0.3, 0.4) is 0 Å². The largest absolute Gasteiger partial charge is 0.456 e. The van der Waals surface area contributed by atoms with E-state index in [9.17, 15) is 0 Å². The van der Waals surface area contributed by atoms with Gasteiger partial charge in [-0.25, -0.2) is 15.0 Å². The maximum atomic E-state index is 6.96. The van der Waals surface area contributed by atoms with Crippen molar-refractivity contribution in [2.45, 2.75) is 0 Å². The molecule has 6 nitrogen and oxygen atoms in total. The van der Waals surface area contributed by atoms with E-state index in [1.54, 1.807) is 0 Å². The zero-order valence-corrected chi connectivity index (χ0v) is 30.4. The lowest BCUT2D eigenvalue weighted by molar-refractivity contribution is 0.669. The molecule has 0 amide bonds. The summed E-state index contributed by atoms with van der Waals surface area (Å²) in [6, 6.07) is 62.7. The summed E-state index contributed by atoms with van der Waals surface area (Å²) in [5, 5.41) is 6.50. The van der Waals surface area contributed by atoms with Crippen molar-refractivity contribution in [3.05, 3.63) is 182 Å². The molecule has 4 heterocycles. The summed E-state index contributed by atoms with van der Waals surface area (Å²) in [5.41, 5.74) is 11.4. The van der Waals surface area contributed by atoms with E-state index in [1.165, 1.54) is 0 Å². The molecule has 0 saturated heterocycles. The molecule has 0 spiro atoms. The minimum Gasteiger partial charge on any atom is -0.456 e. The van der Waals surface area contributed by atoms with E-state index in [-0.39, 0.29) is 0 Å². The molecule has 0 radical (unpaired) electrons. The quantitative estimate of drug-likeness (QED) is 0.176. The summed E-state index contributed by atoms with van der Waals surface area (Å²) in [7, 11) is 0. The lowest BCUT2D eigenvalue weighted by atomic mass is 9.99. The van der Waals surface area contributed by atoms with Crippen molar-refractivity contribution in [2.75, 3.05) is 0 Å². The van der Waals surface area contributed by atoms with Gasteiger partial charge in [0.05, 0.1) is 16.6 Å². The zero-order chi connectivity index (χ0) is 37.5. The van der Waals surface area contributed by atoms with Crippen molar-refractivity contribution in [3.8, 4) is 51.0 Å². The van der Waals surface area contributed by atoms with Gasteiger partial charge in [-0.05, 0) is 54.1 Å². The molecule has 6 heteroatoms. The van der Waals surface area contributed by atoms with Crippen molar-refractivity contribution in [2.24, 2.45) is 0 Å². The van der Waals surface area contributed by atoms with Gasteiger partial charge in [0, 0.05) is 54.7 Å². The standard InChI is InChI=1S/C51H30N4O2/c1-4-14-31(15-5-1)49-52-50(32-16-6-2-7-17-32)54-51(53-49)39-24-13-23-38-37-22-12-21-35(47(37)57-48(38)39)33-26-27-43-40(28-33)41-30-46-42(36-20-10-11-25-45(36)56-46)29-44(41)55(43)34-18-8-3-9-19-34/h1-30H. The minimum absolute atomic E-state index is 0.556. The Bertz CT molecular complexity index is 3450. The van der Waals surface area contributed by atoms with Gasteiger partial charge < -0.3 is 13.4 Å². The second-order valence-corrected chi connectivity index (χ2v) is 14.4. The minimum atomic E-state index is 0.556. The number of nitrogens with zero attached hydrogens (tertiary/aromatic N) is 4. The summed E-state index contributed by atoms with van der Waals surface area (Å²) in [4.78, 5) is 15.0. The fraction of sp³-hybridized carbons (Fsp3) is 0. The molecule has 0 N–H and O–H groups in total. The van der Waals surface area contributed by atoms with Gasteiger partial charge >= 0.3 is 0 Å².